The lowest BCUT2D eigenvalue weighted by molar-refractivity contribution is 0.0950. The molecule has 20 heavy (non-hydrogen) atoms. The third kappa shape index (κ3) is 2.52. The van der Waals surface area contributed by atoms with Gasteiger partial charge in [-0.2, -0.15) is 4.98 Å². The molecule has 1 aliphatic heterocycles. The number of nitrogens with one attached hydrogen (secondary N) is 1. The Morgan fingerprint density at radius 2 is 2.50 bits per heavy atom. The summed E-state index contributed by atoms with van der Waals surface area (Å²) in [7, 11) is 1.51. The normalized spacial score (nSPS) is 18.4. The van der Waals surface area contributed by atoms with Crippen molar-refractivity contribution in [3.8, 4) is 0 Å². The summed E-state index contributed by atoms with van der Waals surface area (Å²) >= 11 is 0. The second kappa shape index (κ2) is 5.37. The smallest absolute Gasteiger partial charge is 0.292 e. The molecule has 1 aliphatic rings. The van der Waals surface area contributed by atoms with Crippen molar-refractivity contribution in [2.45, 2.75) is 18.9 Å². The first-order valence-corrected chi connectivity index (χ1v) is 6.28. The average Bonchev–Trinajstić information content (AvgIpc) is 3.19. The molecular formula is C11H14N6O3. The topological polar surface area (TPSA) is 108 Å². The quantitative estimate of drug-likeness (QED) is 0.808. The third-order valence-electron chi connectivity index (χ3n) is 3.10. The summed E-state index contributed by atoms with van der Waals surface area (Å²) in [5.74, 6) is 0.227. The molecule has 3 heterocycles. The van der Waals surface area contributed by atoms with Gasteiger partial charge in [-0.05, 0) is 6.42 Å². The van der Waals surface area contributed by atoms with E-state index in [2.05, 4.69) is 25.8 Å². The lowest BCUT2D eigenvalue weighted by Gasteiger charge is -1.99. The number of ether oxygens (including phenoxy) is 1. The SMILES string of the molecule is CNC(=O)c1noc(Cn2cc(C3CCOC3)nn2)n1. The van der Waals surface area contributed by atoms with Crippen LogP contribution in [-0.2, 0) is 11.3 Å². The fourth-order valence-corrected chi connectivity index (χ4v) is 2.01. The van der Waals surface area contributed by atoms with Gasteiger partial charge in [0.25, 0.3) is 11.7 Å². The highest BCUT2D eigenvalue weighted by molar-refractivity contribution is 5.89. The number of hydrogen-bond donors (Lipinski definition) is 1. The Morgan fingerprint density at radius 1 is 1.60 bits per heavy atom. The zero-order chi connectivity index (χ0) is 13.9. The molecule has 0 bridgehead atoms. The molecule has 1 unspecified atom stereocenters. The first-order valence-electron chi connectivity index (χ1n) is 6.28. The van der Waals surface area contributed by atoms with Gasteiger partial charge in [-0.3, -0.25) is 4.79 Å². The van der Waals surface area contributed by atoms with E-state index in [1.807, 2.05) is 6.20 Å². The van der Waals surface area contributed by atoms with Gasteiger partial charge in [-0.15, -0.1) is 5.10 Å². The van der Waals surface area contributed by atoms with Gasteiger partial charge in [0.05, 0.1) is 12.3 Å². The fourth-order valence-electron chi connectivity index (χ4n) is 2.01. The van der Waals surface area contributed by atoms with Gasteiger partial charge in [0, 0.05) is 25.8 Å². The van der Waals surface area contributed by atoms with Crippen molar-refractivity contribution < 1.29 is 14.1 Å². The van der Waals surface area contributed by atoms with E-state index in [9.17, 15) is 4.79 Å². The van der Waals surface area contributed by atoms with E-state index in [0.717, 1.165) is 18.7 Å². The predicted octanol–water partition coefficient (Wildman–Crippen LogP) is -0.427. The largest absolute Gasteiger partial charge is 0.381 e. The second-order valence-corrected chi connectivity index (χ2v) is 4.49. The molecule has 0 spiro atoms. The lowest BCUT2D eigenvalue weighted by Crippen LogP contribution is -2.19. The first kappa shape index (κ1) is 12.7. The summed E-state index contributed by atoms with van der Waals surface area (Å²) in [5.41, 5.74) is 0.897. The molecule has 0 radical (unpaired) electrons. The molecule has 0 aromatic carbocycles. The zero-order valence-electron chi connectivity index (χ0n) is 10.9. The minimum Gasteiger partial charge on any atom is -0.381 e. The van der Waals surface area contributed by atoms with Crippen LogP contribution in [0.15, 0.2) is 10.7 Å². The summed E-state index contributed by atoms with van der Waals surface area (Å²) < 4.78 is 11.9. The molecule has 1 atom stereocenters. The molecule has 9 nitrogen and oxygen atoms in total. The number of hydrogen-bond acceptors (Lipinski definition) is 7. The number of carbonyl (C=O) groups is 1. The summed E-state index contributed by atoms with van der Waals surface area (Å²) in [6.07, 6.45) is 2.79. The van der Waals surface area contributed by atoms with Crippen LogP contribution in [0.25, 0.3) is 0 Å². The van der Waals surface area contributed by atoms with Crippen molar-refractivity contribution in [2.24, 2.45) is 0 Å². The summed E-state index contributed by atoms with van der Waals surface area (Å²) in [4.78, 5) is 15.3. The molecule has 3 rings (SSSR count). The van der Waals surface area contributed by atoms with Gasteiger partial charge in [0.2, 0.25) is 5.89 Å². The Kier molecular flexibility index (Phi) is 3.42. The Morgan fingerprint density at radius 3 is 3.25 bits per heavy atom. The number of carbonyl (C=O) groups excluding carboxylic acids is 1. The number of amides is 1. The standard InChI is InChI=1S/C11H14N6O3/c1-12-11(18)10-13-9(20-15-10)5-17-4-8(14-16-17)7-2-3-19-6-7/h4,7H,2-3,5-6H2,1H3,(H,12,18). The molecule has 9 heteroatoms. The fraction of sp³-hybridized carbons (Fsp3) is 0.545. The second-order valence-electron chi connectivity index (χ2n) is 4.49. The molecule has 1 saturated heterocycles. The predicted molar refractivity (Wildman–Crippen MR) is 65.0 cm³/mol. The van der Waals surface area contributed by atoms with Crippen LogP contribution in [0.1, 0.15) is 34.5 Å². The van der Waals surface area contributed by atoms with E-state index in [4.69, 9.17) is 9.26 Å². The minimum atomic E-state index is -0.387. The van der Waals surface area contributed by atoms with Crippen LogP contribution in [-0.4, -0.2) is 51.3 Å². The van der Waals surface area contributed by atoms with E-state index in [1.54, 1.807) is 4.68 Å². The van der Waals surface area contributed by atoms with Crippen LogP contribution in [0.2, 0.25) is 0 Å². The Labute approximate surface area is 114 Å². The van der Waals surface area contributed by atoms with Crippen LogP contribution < -0.4 is 5.32 Å². The maximum absolute atomic E-state index is 11.3. The molecular weight excluding hydrogens is 264 g/mol. The van der Waals surface area contributed by atoms with Crippen LogP contribution in [0.3, 0.4) is 0 Å². The highest BCUT2D eigenvalue weighted by Crippen LogP contribution is 2.22. The van der Waals surface area contributed by atoms with E-state index in [0.29, 0.717) is 18.4 Å². The molecule has 1 fully saturated rings. The van der Waals surface area contributed by atoms with Gasteiger partial charge in [-0.25, -0.2) is 4.68 Å². The Balaban J connectivity index is 1.68. The highest BCUT2D eigenvalue weighted by atomic mass is 16.5. The van der Waals surface area contributed by atoms with E-state index < -0.39 is 0 Å². The van der Waals surface area contributed by atoms with Crippen LogP contribution in [0, 0.1) is 0 Å². The summed E-state index contributed by atoms with van der Waals surface area (Å²) in [5, 5.41) is 14.1. The number of rotatable bonds is 4. The van der Waals surface area contributed by atoms with Gasteiger partial charge in [-0.1, -0.05) is 10.4 Å². The van der Waals surface area contributed by atoms with Crippen LogP contribution in [0.4, 0.5) is 0 Å². The van der Waals surface area contributed by atoms with Crippen LogP contribution in [0.5, 0.6) is 0 Å². The highest BCUT2D eigenvalue weighted by Gasteiger charge is 2.21. The summed E-state index contributed by atoms with van der Waals surface area (Å²) in [6.45, 7) is 1.72. The Bertz CT molecular complexity index is 601. The van der Waals surface area contributed by atoms with Gasteiger partial charge < -0.3 is 14.6 Å². The molecule has 2 aromatic heterocycles. The Hall–Kier alpha value is -2.29. The first-order chi connectivity index (χ1) is 9.76. The molecule has 0 saturated carbocycles. The van der Waals surface area contributed by atoms with Crippen molar-refractivity contribution in [3.63, 3.8) is 0 Å². The van der Waals surface area contributed by atoms with Gasteiger partial charge in [0.15, 0.2) is 0 Å². The van der Waals surface area contributed by atoms with Crippen LogP contribution >= 0.6 is 0 Å². The van der Waals surface area contributed by atoms with Crippen molar-refractivity contribution in [1.29, 1.82) is 0 Å². The van der Waals surface area contributed by atoms with Gasteiger partial charge in [0.1, 0.15) is 6.54 Å². The minimum absolute atomic E-state index is 0.00651. The maximum Gasteiger partial charge on any atom is 0.292 e. The van der Waals surface area contributed by atoms with Gasteiger partial charge >= 0.3 is 0 Å². The molecule has 1 N–H and O–H groups in total. The van der Waals surface area contributed by atoms with Crippen molar-refractivity contribution >= 4 is 5.91 Å². The number of nitrogens with zero attached hydrogens (tertiary/aromatic N) is 5. The van der Waals surface area contributed by atoms with E-state index >= 15 is 0 Å². The monoisotopic (exact) mass is 278 g/mol. The number of aromatic nitrogens is 5. The average molecular weight is 278 g/mol. The molecule has 1 amide bonds. The molecule has 0 aliphatic carbocycles. The zero-order valence-corrected chi connectivity index (χ0v) is 10.9. The van der Waals surface area contributed by atoms with Crippen molar-refractivity contribution in [2.75, 3.05) is 20.3 Å². The van der Waals surface area contributed by atoms with E-state index in [1.165, 1.54) is 7.05 Å². The van der Waals surface area contributed by atoms with Crippen molar-refractivity contribution in [1.82, 2.24) is 30.5 Å². The lowest BCUT2D eigenvalue weighted by atomic mass is 10.1. The summed E-state index contributed by atoms with van der Waals surface area (Å²) in [6, 6.07) is 0. The molecule has 106 valence electrons. The maximum atomic E-state index is 11.3. The van der Waals surface area contributed by atoms with E-state index in [-0.39, 0.29) is 18.3 Å². The molecule has 2 aromatic rings. The third-order valence-corrected chi connectivity index (χ3v) is 3.10. The van der Waals surface area contributed by atoms with Crippen molar-refractivity contribution in [3.05, 3.63) is 23.6 Å².